The van der Waals surface area contributed by atoms with Gasteiger partial charge in [0.25, 0.3) is 0 Å². The van der Waals surface area contributed by atoms with Crippen LogP contribution in [0.1, 0.15) is 0 Å². The molecule has 0 bridgehead atoms. The summed E-state index contributed by atoms with van der Waals surface area (Å²) in [5.41, 5.74) is 0.944. The zero-order valence-electron chi connectivity index (χ0n) is 9.36. The molecule has 0 aliphatic carbocycles. The minimum atomic E-state index is 0.613. The van der Waals surface area contributed by atoms with E-state index in [4.69, 9.17) is 11.6 Å². The minimum Gasteiger partial charge on any atom is -0.284 e. The molecule has 0 unspecified atom stereocenters. The van der Waals surface area contributed by atoms with Crippen LogP contribution in [0.5, 0.6) is 0 Å². The Kier molecular flexibility index (Phi) is 2.78. The molecule has 0 amide bonds. The fraction of sp³-hybridized carbons (Fsp3) is 0. The van der Waals surface area contributed by atoms with Crippen LogP contribution in [0.4, 0.5) is 0 Å². The van der Waals surface area contributed by atoms with Crippen molar-refractivity contribution in [2.75, 3.05) is 0 Å². The lowest BCUT2D eigenvalue weighted by Gasteiger charge is -2.06. The molecule has 0 aromatic carbocycles. The number of pyridine rings is 2. The van der Waals surface area contributed by atoms with Crippen molar-refractivity contribution in [1.82, 2.24) is 19.5 Å². The predicted octanol–water partition coefficient (Wildman–Crippen LogP) is 2.98. The molecule has 0 saturated carbocycles. The van der Waals surface area contributed by atoms with Gasteiger partial charge in [0.15, 0.2) is 0 Å². The quantitative estimate of drug-likeness (QED) is 0.708. The fourth-order valence-electron chi connectivity index (χ4n) is 1.71. The summed E-state index contributed by atoms with van der Waals surface area (Å²) in [5, 5.41) is 0.613. The topological polar surface area (TPSA) is 43.6 Å². The third-order valence-electron chi connectivity index (χ3n) is 2.52. The van der Waals surface area contributed by atoms with E-state index in [1.54, 1.807) is 30.9 Å². The number of hydrogen-bond acceptors (Lipinski definition) is 3. The third kappa shape index (κ3) is 1.98. The van der Waals surface area contributed by atoms with Gasteiger partial charge in [0.2, 0.25) is 0 Å². The van der Waals surface area contributed by atoms with E-state index in [2.05, 4.69) is 15.0 Å². The molecular formula is C13H9ClN4. The molecule has 3 aromatic rings. The van der Waals surface area contributed by atoms with Crippen molar-refractivity contribution < 1.29 is 0 Å². The molecule has 18 heavy (non-hydrogen) atoms. The van der Waals surface area contributed by atoms with E-state index in [0.29, 0.717) is 5.02 Å². The summed E-state index contributed by atoms with van der Waals surface area (Å²) in [6.45, 7) is 0. The maximum Gasteiger partial charge on any atom is 0.147 e. The van der Waals surface area contributed by atoms with Gasteiger partial charge in [0, 0.05) is 36.5 Å². The van der Waals surface area contributed by atoms with Crippen molar-refractivity contribution in [3.05, 3.63) is 60.3 Å². The first-order valence-electron chi connectivity index (χ1n) is 5.40. The van der Waals surface area contributed by atoms with Crippen molar-refractivity contribution in [2.45, 2.75) is 0 Å². The van der Waals surface area contributed by atoms with Gasteiger partial charge in [-0.05, 0) is 24.3 Å². The van der Waals surface area contributed by atoms with E-state index in [1.807, 2.05) is 29.0 Å². The van der Waals surface area contributed by atoms with E-state index < -0.39 is 0 Å². The monoisotopic (exact) mass is 256 g/mol. The van der Waals surface area contributed by atoms with E-state index >= 15 is 0 Å². The minimum absolute atomic E-state index is 0.613. The summed E-state index contributed by atoms with van der Waals surface area (Å²) >= 11 is 5.83. The maximum absolute atomic E-state index is 5.83. The largest absolute Gasteiger partial charge is 0.284 e. The summed E-state index contributed by atoms with van der Waals surface area (Å²) in [7, 11) is 0. The van der Waals surface area contributed by atoms with Crippen molar-refractivity contribution in [2.24, 2.45) is 0 Å². The first-order valence-corrected chi connectivity index (χ1v) is 5.78. The molecule has 0 fully saturated rings. The molecule has 3 heterocycles. The van der Waals surface area contributed by atoms with Gasteiger partial charge in [-0.2, -0.15) is 0 Å². The number of hydrogen-bond donors (Lipinski definition) is 0. The summed E-state index contributed by atoms with van der Waals surface area (Å²) in [5.74, 6) is 1.58. The lowest BCUT2D eigenvalue weighted by Crippen LogP contribution is -1.98. The van der Waals surface area contributed by atoms with Crippen molar-refractivity contribution in [3.8, 4) is 17.2 Å². The second kappa shape index (κ2) is 4.58. The second-order valence-electron chi connectivity index (χ2n) is 3.70. The summed E-state index contributed by atoms with van der Waals surface area (Å²) < 4.78 is 1.90. The Morgan fingerprint density at radius 3 is 2.67 bits per heavy atom. The van der Waals surface area contributed by atoms with Crippen LogP contribution in [-0.4, -0.2) is 19.5 Å². The highest BCUT2D eigenvalue weighted by Crippen LogP contribution is 2.19. The van der Waals surface area contributed by atoms with Gasteiger partial charge in [-0.3, -0.25) is 9.55 Å². The molecule has 5 heteroatoms. The van der Waals surface area contributed by atoms with Crippen molar-refractivity contribution in [3.63, 3.8) is 0 Å². The Morgan fingerprint density at radius 2 is 1.94 bits per heavy atom. The first-order chi connectivity index (χ1) is 8.84. The van der Waals surface area contributed by atoms with Gasteiger partial charge in [-0.15, -0.1) is 0 Å². The zero-order chi connectivity index (χ0) is 12.4. The molecule has 0 aliphatic heterocycles. The average Bonchev–Trinajstić information content (AvgIpc) is 2.90. The molecule has 3 rings (SSSR count). The second-order valence-corrected chi connectivity index (χ2v) is 4.13. The Morgan fingerprint density at radius 1 is 1.00 bits per heavy atom. The van der Waals surface area contributed by atoms with Crippen LogP contribution in [0.2, 0.25) is 5.02 Å². The van der Waals surface area contributed by atoms with Gasteiger partial charge in [-0.25, -0.2) is 9.97 Å². The van der Waals surface area contributed by atoms with Crippen LogP contribution >= 0.6 is 11.6 Å². The Balaban J connectivity index is 2.10. The molecule has 0 atom stereocenters. The Hall–Kier alpha value is -2.20. The summed E-state index contributed by atoms with van der Waals surface area (Å²) in [6.07, 6.45) is 8.72. The van der Waals surface area contributed by atoms with Crippen LogP contribution in [0.15, 0.2) is 55.2 Å². The molecule has 3 aromatic heterocycles. The lowest BCUT2D eigenvalue weighted by atomic mass is 10.2. The predicted molar refractivity (Wildman–Crippen MR) is 69.6 cm³/mol. The van der Waals surface area contributed by atoms with Gasteiger partial charge in [-0.1, -0.05) is 11.6 Å². The summed E-state index contributed by atoms with van der Waals surface area (Å²) in [6, 6.07) is 7.49. The normalized spacial score (nSPS) is 10.5. The number of aromatic nitrogens is 4. The van der Waals surface area contributed by atoms with Gasteiger partial charge in [0.05, 0.1) is 5.02 Å². The highest BCUT2D eigenvalue weighted by molar-refractivity contribution is 6.30. The highest BCUT2D eigenvalue weighted by atomic mass is 35.5. The molecule has 0 spiro atoms. The van der Waals surface area contributed by atoms with E-state index in [-0.39, 0.29) is 0 Å². The number of imidazole rings is 1. The van der Waals surface area contributed by atoms with Crippen LogP contribution < -0.4 is 0 Å². The lowest BCUT2D eigenvalue weighted by molar-refractivity contribution is 1.00. The fourth-order valence-corrected chi connectivity index (χ4v) is 1.82. The van der Waals surface area contributed by atoms with Crippen molar-refractivity contribution >= 4 is 11.6 Å². The van der Waals surface area contributed by atoms with Gasteiger partial charge in [0.1, 0.15) is 11.6 Å². The van der Waals surface area contributed by atoms with E-state index in [9.17, 15) is 0 Å². The van der Waals surface area contributed by atoms with Crippen LogP contribution in [0, 0.1) is 0 Å². The van der Waals surface area contributed by atoms with Crippen LogP contribution in [-0.2, 0) is 0 Å². The van der Waals surface area contributed by atoms with Crippen LogP contribution in [0.3, 0.4) is 0 Å². The molecule has 0 saturated heterocycles. The zero-order valence-corrected chi connectivity index (χ0v) is 10.1. The first kappa shape index (κ1) is 10.9. The van der Waals surface area contributed by atoms with Gasteiger partial charge >= 0.3 is 0 Å². The molecule has 0 N–H and O–H groups in total. The van der Waals surface area contributed by atoms with Crippen molar-refractivity contribution in [1.29, 1.82) is 0 Å². The SMILES string of the molecule is Clc1ccc(-n2ccnc2-c2cccnc2)nc1. The average molecular weight is 257 g/mol. The number of nitrogens with zero attached hydrogens (tertiary/aromatic N) is 4. The highest BCUT2D eigenvalue weighted by Gasteiger charge is 2.08. The Labute approximate surface area is 109 Å². The smallest absolute Gasteiger partial charge is 0.147 e. The standard InChI is InChI=1S/C13H9ClN4/c14-11-3-4-12(17-9-11)18-7-6-16-13(18)10-2-1-5-15-8-10/h1-9H. The summed E-state index contributed by atoms with van der Waals surface area (Å²) in [4.78, 5) is 12.7. The number of rotatable bonds is 2. The molecular weight excluding hydrogens is 248 g/mol. The van der Waals surface area contributed by atoms with E-state index in [0.717, 1.165) is 17.2 Å². The molecule has 88 valence electrons. The number of halogens is 1. The third-order valence-corrected chi connectivity index (χ3v) is 2.74. The molecule has 0 radical (unpaired) electrons. The van der Waals surface area contributed by atoms with Crippen LogP contribution in [0.25, 0.3) is 17.2 Å². The molecule has 0 aliphatic rings. The maximum atomic E-state index is 5.83. The van der Waals surface area contributed by atoms with Gasteiger partial charge < -0.3 is 0 Å². The molecule has 4 nitrogen and oxygen atoms in total. The van der Waals surface area contributed by atoms with E-state index in [1.165, 1.54) is 0 Å². The Bertz CT molecular complexity index is 646.